The first-order valence-corrected chi connectivity index (χ1v) is 8.50. The van der Waals surface area contributed by atoms with Gasteiger partial charge < -0.3 is 15.5 Å². The van der Waals surface area contributed by atoms with E-state index in [-0.39, 0.29) is 24.9 Å². The Labute approximate surface area is 153 Å². The van der Waals surface area contributed by atoms with Gasteiger partial charge >= 0.3 is 0 Å². The van der Waals surface area contributed by atoms with Crippen molar-refractivity contribution in [2.75, 3.05) is 25.5 Å². The maximum absolute atomic E-state index is 12.0. The van der Waals surface area contributed by atoms with Gasteiger partial charge in [0, 0.05) is 17.3 Å². The number of carbonyl (C=O) groups is 2. The summed E-state index contributed by atoms with van der Waals surface area (Å²) in [7, 11) is 1.81. The summed E-state index contributed by atoms with van der Waals surface area (Å²) >= 11 is 5.81. The Morgan fingerprint density at radius 2 is 1.64 bits per heavy atom. The molecule has 1 unspecified atom stereocenters. The van der Waals surface area contributed by atoms with E-state index in [9.17, 15) is 9.59 Å². The molecule has 0 radical (unpaired) electrons. The molecule has 25 heavy (non-hydrogen) atoms. The smallest absolute Gasteiger partial charge is 0.279 e. The maximum atomic E-state index is 12.0. The van der Waals surface area contributed by atoms with Gasteiger partial charge in [0.25, 0.3) is 11.8 Å². The average molecular weight is 361 g/mol. The normalized spacial score (nSPS) is 11.6. The Hall–Kier alpha value is -2.37. The fourth-order valence-corrected chi connectivity index (χ4v) is 2.54. The second-order valence-electron chi connectivity index (χ2n) is 6.07. The SMILES string of the molecule is Cc1ccccc1CNC(=O)C[NH+](C)CC(=O)Nc1ccc(Cl)cc1. The third kappa shape index (κ3) is 6.57. The summed E-state index contributed by atoms with van der Waals surface area (Å²) in [5.41, 5.74) is 2.92. The van der Waals surface area contributed by atoms with E-state index in [1.54, 1.807) is 24.3 Å². The summed E-state index contributed by atoms with van der Waals surface area (Å²) in [5.74, 6) is -0.230. The summed E-state index contributed by atoms with van der Waals surface area (Å²) in [6, 6.07) is 14.8. The predicted octanol–water partition coefficient (Wildman–Crippen LogP) is 1.42. The summed E-state index contributed by atoms with van der Waals surface area (Å²) in [5, 5.41) is 6.30. The van der Waals surface area contributed by atoms with Crippen LogP contribution in [0, 0.1) is 6.92 Å². The molecule has 0 bridgehead atoms. The van der Waals surface area contributed by atoms with Crippen molar-refractivity contribution in [1.29, 1.82) is 0 Å². The van der Waals surface area contributed by atoms with Crippen molar-refractivity contribution in [3.8, 4) is 0 Å². The number of hydrogen-bond acceptors (Lipinski definition) is 2. The zero-order valence-electron chi connectivity index (χ0n) is 14.4. The lowest BCUT2D eigenvalue weighted by molar-refractivity contribution is -0.862. The second kappa shape index (κ2) is 9.20. The molecule has 1 atom stereocenters. The molecule has 132 valence electrons. The van der Waals surface area contributed by atoms with Crippen molar-refractivity contribution in [3.05, 3.63) is 64.7 Å². The van der Waals surface area contributed by atoms with E-state index in [0.717, 1.165) is 16.0 Å². The van der Waals surface area contributed by atoms with Gasteiger partial charge in [-0.15, -0.1) is 0 Å². The molecular formula is C19H23ClN3O2+. The lowest BCUT2D eigenvalue weighted by Gasteiger charge is -2.14. The minimum Gasteiger partial charge on any atom is -0.347 e. The van der Waals surface area contributed by atoms with E-state index in [1.807, 2.05) is 38.2 Å². The van der Waals surface area contributed by atoms with Crippen LogP contribution in [-0.2, 0) is 16.1 Å². The van der Waals surface area contributed by atoms with Crippen LogP contribution < -0.4 is 15.5 Å². The van der Waals surface area contributed by atoms with Gasteiger partial charge in [0.1, 0.15) is 0 Å². The number of nitrogens with one attached hydrogen (secondary N) is 3. The fourth-order valence-electron chi connectivity index (χ4n) is 2.41. The Kier molecular flexibility index (Phi) is 6.98. The van der Waals surface area contributed by atoms with E-state index < -0.39 is 0 Å². The van der Waals surface area contributed by atoms with Crippen LogP contribution in [0.25, 0.3) is 0 Å². The molecule has 2 rings (SSSR count). The summed E-state index contributed by atoms with van der Waals surface area (Å²) in [4.78, 5) is 24.9. The van der Waals surface area contributed by atoms with E-state index in [0.29, 0.717) is 17.3 Å². The van der Waals surface area contributed by atoms with Gasteiger partial charge in [0.05, 0.1) is 7.05 Å². The average Bonchev–Trinajstić information content (AvgIpc) is 2.56. The zero-order chi connectivity index (χ0) is 18.2. The molecule has 2 aromatic carbocycles. The number of aryl methyl sites for hydroxylation is 1. The Morgan fingerprint density at radius 3 is 2.32 bits per heavy atom. The number of anilines is 1. The second-order valence-corrected chi connectivity index (χ2v) is 6.51. The summed E-state index contributed by atoms with van der Waals surface area (Å²) in [6.07, 6.45) is 0. The van der Waals surface area contributed by atoms with E-state index in [4.69, 9.17) is 11.6 Å². The van der Waals surface area contributed by atoms with Crippen LogP contribution >= 0.6 is 11.6 Å². The molecule has 0 saturated heterocycles. The lowest BCUT2D eigenvalue weighted by Crippen LogP contribution is -3.11. The van der Waals surface area contributed by atoms with Crippen LogP contribution in [0.2, 0.25) is 5.02 Å². The number of hydrogen-bond donors (Lipinski definition) is 3. The quantitative estimate of drug-likeness (QED) is 0.699. The minimum absolute atomic E-state index is 0.0833. The van der Waals surface area contributed by atoms with Gasteiger partial charge in [0.15, 0.2) is 13.1 Å². The third-order valence-corrected chi connectivity index (χ3v) is 4.04. The molecule has 0 aliphatic rings. The van der Waals surface area contributed by atoms with Gasteiger partial charge in [0.2, 0.25) is 0 Å². The van der Waals surface area contributed by atoms with Crippen LogP contribution in [-0.4, -0.2) is 32.0 Å². The van der Waals surface area contributed by atoms with E-state index >= 15 is 0 Å². The molecule has 0 aliphatic carbocycles. The number of quaternary nitrogens is 1. The van der Waals surface area contributed by atoms with Crippen molar-refractivity contribution in [3.63, 3.8) is 0 Å². The topological polar surface area (TPSA) is 62.6 Å². The molecular weight excluding hydrogens is 338 g/mol. The molecule has 0 heterocycles. The van der Waals surface area contributed by atoms with Crippen molar-refractivity contribution < 1.29 is 14.5 Å². The van der Waals surface area contributed by atoms with Crippen molar-refractivity contribution >= 4 is 29.1 Å². The number of carbonyl (C=O) groups excluding carboxylic acids is 2. The highest BCUT2D eigenvalue weighted by Crippen LogP contribution is 2.12. The first-order chi connectivity index (χ1) is 11.9. The summed E-state index contributed by atoms with van der Waals surface area (Å²) < 4.78 is 0. The van der Waals surface area contributed by atoms with Gasteiger partial charge in [-0.05, 0) is 42.3 Å². The Bertz CT molecular complexity index is 732. The lowest BCUT2D eigenvalue weighted by atomic mass is 10.1. The maximum Gasteiger partial charge on any atom is 0.279 e. The number of rotatable bonds is 7. The van der Waals surface area contributed by atoms with Crippen molar-refractivity contribution in [2.24, 2.45) is 0 Å². The van der Waals surface area contributed by atoms with Crippen molar-refractivity contribution in [1.82, 2.24) is 5.32 Å². The highest BCUT2D eigenvalue weighted by atomic mass is 35.5. The largest absolute Gasteiger partial charge is 0.347 e. The van der Waals surface area contributed by atoms with Crippen LogP contribution in [0.4, 0.5) is 5.69 Å². The molecule has 0 aromatic heterocycles. The molecule has 5 nitrogen and oxygen atoms in total. The standard InChI is InChI=1S/C19H22ClN3O2/c1-14-5-3-4-6-15(14)11-21-18(24)12-23(2)13-19(25)22-17-9-7-16(20)8-10-17/h3-10H,11-13H2,1-2H3,(H,21,24)(H,22,25)/p+1. The van der Waals surface area contributed by atoms with Gasteiger partial charge in [-0.25, -0.2) is 0 Å². The van der Waals surface area contributed by atoms with Gasteiger partial charge in [-0.3, -0.25) is 9.59 Å². The minimum atomic E-state index is -0.147. The molecule has 2 amide bonds. The van der Waals surface area contributed by atoms with E-state index in [2.05, 4.69) is 10.6 Å². The van der Waals surface area contributed by atoms with Crippen LogP contribution in [0.15, 0.2) is 48.5 Å². The fraction of sp³-hybridized carbons (Fsp3) is 0.263. The number of likely N-dealkylation sites (N-methyl/N-ethyl adjacent to an activating group) is 1. The van der Waals surface area contributed by atoms with Crippen LogP contribution in [0.3, 0.4) is 0 Å². The molecule has 0 spiro atoms. The number of benzene rings is 2. The monoisotopic (exact) mass is 360 g/mol. The van der Waals surface area contributed by atoms with Crippen LogP contribution in [0.5, 0.6) is 0 Å². The third-order valence-electron chi connectivity index (χ3n) is 3.79. The molecule has 2 aromatic rings. The van der Waals surface area contributed by atoms with Crippen LogP contribution in [0.1, 0.15) is 11.1 Å². The van der Waals surface area contributed by atoms with Gasteiger partial charge in [-0.1, -0.05) is 35.9 Å². The zero-order valence-corrected chi connectivity index (χ0v) is 15.2. The summed E-state index contributed by atoms with van der Waals surface area (Å²) in [6.45, 7) is 2.95. The number of amides is 2. The molecule has 6 heteroatoms. The Morgan fingerprint density at radius 1 is 1.00 bits per heavy atom. The molecule has 0 fully saturated rings. The molecule has 3 N–H and O–H groups in total. The van der Waals surface area contributed by atoms with Crippen molar-refractivity contribution in [2.45, 2.75) is 13.5 Å². The highest BCUT2D eigenvalue weighted by Gasteiger charge is 2.14. The van der Waals surface area contributed by atoms with Gasteiger partial charge in [-0.2, -0.15) is 0 Å². The Balaban J connectivity index is 1.74. The first-order valence-electron chi connectivity index (χ1n) is 8.12. The molecule has 0 aliphatic heterocycles. The highest BCUT2D eigenvalue weighted by molar-refractivity contribution is 6.30. The number of halogens is 1. The molecule has 0 saturated carbocycles. The predicted molar refractivity (Wildman–Crippen MR) is 99.7 cm³/mol. The van der Waals surface area contributed by atoms with E-state index in [1.165, 1.54) is 0 Å². The first kappa shape index (κ1) is 19.0.